The maximum absolute atomic E-state index is 9.73. The molecule has 1 aromatic heterocycles. The van der Waals surface area contributed by atoms with Gasteiger partial charge in [-0.3, -0.25) is 10.00 Å². The average molecular weight is 257 g/mol. The first kappa shape index (κ1) is 12.4. The summed E-state index contributed by atoms with van der Waals surface area (Å²) >= 11 is 0. The van der Waals surface area contributed by atoms with Gasteiger partial charge in [0, 0.05) is 18.7 Å². The number of hydrogen-bond donors (Lipinski definition) is 2. The lowest BCUT2D eigenvalue weighted by atomic mass is 10.1. The van der Waals surface area contributed by atoms with Gasteiger partial charge in [0.15, 0.2) is 0 Å². The van der Waals surface area contributed by atoms with E-state index in [0.29, 0.717) is 0 Å². The van der Waals surface area contributed by atoms with Crippen molar-refractivity contribution in [3.8, 4) is 11.3 Å². The molecular formula is C15H19N3O. The summed E-state index contributed by atoms with van der Waals surface area (Å²) in [5.74, 6) is 0. The molecule has 4 heteroatoms. The van der Waals surface area contributed by atoms with Crippen LogP contribution in [0.15, 0.2) is 36.5 Å². The molecule has 0 spiro atoms. The van der Waals surface area contributed by atoms with Crippen LogP contribution in [-0.4, -0.2) is 39.4 Å². The first-order chi connectivity index (χ1) is 9.33. The third kappa shape index (κ3) is 2.85. The molecule has 1 atom stereocenters. The third-order valence-corrected chi connectivity index (χ3v) is 3.65. The summed E-state index contributed by atoms with van der Waals surface area (Å²) in [7, 11) is 0. The number of benzene rings is 1. The summed E-state index contributed by atoms with van der Waals surface area (Å²) in [6, 6.07) is 10.2. The second-order valence-corrected chi connectivity index (χ2v) is 5.17. The van der Waals surface area contributed by atoms with Crippen molar-refractivity contribution >= 4 is 0 Å². The van der Waals surface area contributed by atoms with Gasteiger partial charge in [-0.25, -0.2) is 0 Å². The van der Waals surface area contributed by atoms with Crippen LogP contribution in [0.5, 0.6) is 0 Å². The Morgan fingerprint density at radius 3 is 2.95 bits per heavy atom. The van der Waals surface area contributed by atoms with E-state index in [2.05, 4.69) is 27.2 Å². The SMILES string of the molecule is OC1CCCN(Cc2cn[nH]c2-c2ccccc2)C1. The highest BCUT2D eigenvalue weighted by molar-refractivity contribution is 5.62. The molecule has 0 amide bonds. The molecule has 0 bridgehead atoms. The normalized spacial score (nSPS) is 20.6. The van der Waals surface area contributed by atoms with Crippen LogP contribution in [0.4, 0.5) is 0 Å². The van der Waals surface area contributed by atoms with Gasteiger partial charge in [0.25, 0.3) is 0 Å². The van der Waals surface area contributed by atoms with Crippen molar-refractivity contribution in [3.63, 3.8) is 0 Å². The van der Waals surface area contributed by atoms with Crippen LogP contribution in [0.2, 0.25) is 0 Å². The van der Waals surface area contributed by atoms with Crippen molar-refractivity contribution in [3.05, 3.63) is 42.1 Å². The minimum atomic E-state index is -0.180. The quantitative estimate of drug-likeness (QED) is 0.884. The van der Waals surface area contributed by atoms with Crippen LogP contribution in [0.3, 0.4) is 0 Å². The number of H-pyrrole nitrogens is 1. The van der Waals surface area contributed by atoms with Crippen molar-refractivity contribution < 1.29 is 5.11 Å². The van der Waals surface area contributed by atoms with Gasteiger partial charge in [0.05, 0.1) is 18.0 Å². The van der Waals surface area contributed by atoms with Gasteiger partial charge in [0.2, 0.25) is 0 Å². The molecule has 19 heavy (non-hydrogen) atoms. The molecule has 0 aliphatic carbocycles. The van der Waals surface area contributed by atoms with E-state index in [9.17, 15) is 5.11 Å². The molecule has 2 aromatic rings. The van der Waals surface area contributed by atoms with E-state index < -0.39 is 0 Å². The highest BCUT2D eigenvalue weighted by Gasteiger charge is 2.19. The molecule has 2 heterocycles. The molecule has 1 saturated heterocycles. The van der Waals surface area contributed by atoms with E-state index in [0.717, 1.165) is 43.7 Å². The third-order valence-electron chi connectivity index (χ3n) is 3.65. The van der Waals surface area contributed by atoms with Crippen molar-refractivity contribution in [2.24, 2.45) is 0 Å². The van der Waals surface area contributed by atoms with E-state index in [1.165, 1.54) is 5.56 Å². The Morgan fingerprint density at radius 1 is 1.32 bits per heavy atom. The van der Waals surface area contributed by atoms with Crippen LogP contribution in [0.1, 0.15) is 18.4 Å². The number of hydrogen-bond acceptors (Lipinski definition) is 3. The van der Waals surface area contributed by atoms with Crippen LogP contribution in [0, 0.1) is 0 Å². The maximum atomic E-state index is 9.73. The summed E-state index contributed by atoms with van der Waals surface area (Å²) in [6.45, 7) is 2.66. The van der Waals surface area contributed by atoms with Crippen LogP contribution >= 0.6 is 0 Å². The summed E-state index contributed by atoms with van der Waals surface area (Å²) < 4.78 is 0. The molecular weight excluding hydrogens is 238 g/mol. The topological polar surface area (TPSA) is 52.1 Å². The summed E-state index contributed by atoms with van der Waals surface area (Å²) in [4.78, 5) is 2.30. The molecule has 1 aliphatic rings. The van der Waals surface area contributed by atoms with E-state index >= 15 is 0 Å². The number of nitrogens with zero attached hydrogens (tertiary/aromatic N) is 2. The van der Waals surface area contributed by atoms with E-state index in [4.69, 9.17) is 0 Å². The fraction of sp³-hybridized carbons (Fsp3) is 0.400. The molecule has 0 saturated carbocycles. The number of rotatable bonds is 3. The Labute approximate surface area is 113 Å². The van der Waals surface area contributed by atoms with Gasteiger partial charge in [-0.1, -0.05) is 30.3 Å². The van der Waals surface area contributed by atoms with Crippen LogP contribution in [-0.2, 0) is 6.54 Å². The predicted molar refractivity (Wildman–Crippen MR) is 74.5 cm³/mol. The summed E-state index contributed by atoms with van der Waals surface area (Å²) in [6.07, 6.45) is 3.71. The predicted octanol–water partition coefficient (Wildman–Crippen LogP) is 2.03. The Bertz CT molecular complexity index is 523. The maximum Gasteiger partial charge on any atom is 0.0695 e. The lowest BCUT2D eigenvalue weighted by molar-refractivity contribution is 0.0669. The smallest absolute Gasteiger partial charge is 0.0695 e. The largest absolute Gasteiger partial charge is 0.392 e. The lowest BCUT2D eigenvalue weighted by Crippen LogP contribution is -2.37. The second-order valence-electron chi connectivity index (χ2n) is 5.17. The minimum absolute atomic E-state index is 0.180. The molecule has 0 radical (unpaired) electrons. The van der Waals surface area contributed by atoms with Crippen LogP contribution in [0.25, 0.3) is 11.3 Å². The summed E-state index contributed by atoms with van der Waals surface area (Å²) in [5, 5.41) is 17.0. The number of aromatic amines is 1. The first-order valence-corrected chi connectivity index (χ1v) is 6.81. The van der Waals surface area contributed by atoms with Gasteiger partial charge in [-0.05, 0) is 24.9 Å². The number of likely N-dealkylation sites (tertiary alicyclic amines) is 1. The van der Waals surface area contributed by atoms with Gasteiger partial charge in [-0.15, -0.1) is 0 Å². The number of aliphatic hydroxyl groups is 1. The van der Waals surface area contributed by atoms with Gasteiger partial charge in [-0.2, -0.15) is 5.10 Å². The second kappa shape index (κ2) is 5.55. The van der Waals surface area contributed by atoms with E-state index in [-0.39, 0.29) is 6.10 Å². The fourth-order valence-electron chi connectivity index (χ4n) is 2.70. The van der Waals surface area contributed by atoms with Gasteiger partial charge < -0.3 is 5.11 Å². The van der Waals surface area contributed by atoms with Crippen molar-refractivity contribution in [2.45, 2.75) is 25.5 Å². The van der Waals surface area contributed by atoms with Gasteiger partial charge >= 0.3 is 0 Å². The molecule has 100 valence electrons. The monoisotopic (exact) mass is 257 g/mol. The number of aliphatic hydroxyl groups excluding tert-OH is 1. The molecule has 1 fully saturated rings. The zero-order valence-electron chi connectivity index (χ0n) is 10.9. The average Bonchev–Trinajstić information content (AvgIpc) is 2.88. The molecule has 1 aliphatic heterocycles. The number of β-amino-alcohol motifs (C(OH)–C–C–N with tert-alkyl or cyclic N) is 1. The Morgan fingerprint density at radius 2 is 2.16 bits per heavy atom. The molecule has 2 N–H and O–H groups in total. The van der Waals surface area contributed by atoms with Gasteiger partial charge in [0.1, 0.15) is 0 Å². The van der Waals surface area contributed by atoms with Crippen molar-refractivity contribution in [1.82, 2.24) is 15.1 Å². The Hall–Kier alpha value is -1.65. The highest BCUT2D eigenvalue weighted by Crippen LogP contribution is 2.23. The first-order valence-electron chi connectivity index (χ1n) is 6.81. The van der Waals surface area contributed by atoms with Crippen molar-refractivity contribution in [2.75, 3.05) is 13.1 Å². The Balaban J connectivity index is 1.77. The molecule has 1 aromatic carbocycles. The standard InChI is InChI=1S/C15H19N3O/c19-14-7-4-8-18(11-14)10-13-9-16-17-15(13)12-5-2-1-3-6-12/h1-3,5-6,9,14,19H,4,7-8,10-11H2,(H,16,17). The van der Waals surface area contributed by atoms with Crippen LogP contribution < -0.4 is 0 Å². The van der Waals surface area contributed by atoms with E-state index in [1.54, 1.807) is 0 Å². The number of piperidine rings is 1. The minimum Gasteiger partial charge on any atom is -0.392 e. The molecule has 1 unspecified atom stereocenters. The lowest BCUT2D eigenvalue weighted by Gasteiger charge is -2.29. The molecule has 4 nitrogen and oxygen atoms in total. The number of nitrogens with one attached hydrogen (secondary N) is 1. The van der Waals surface area contributed by atoms with Crippen molar-refractivity contribution in [1.29, 1.82) is 0 Å². The highest BCUT2D eigenvalue weighted by atomic mass is 16.3. The zero-order valence-corrected chi connectivity index (χ0v) is 10.9. The summed E-state index contributed by atoms with van der Waals surface area (Å²) in [5.41, 5.74) is 3.44. The Kier molecular flexibility index (Phi) is 3.62. The molecule has 3 rings (SSSR count). The number of aromatic nitrogens is 2. The fourth-order valence-corrected chi connectivity index (χ4v) is 2.70. The van der Waals surface area contributed by atoms with E-state index in [1.807, 2.05) is 24.4 Å². The zero-order chi connectivity index (χ0) is 13.1.